The SMILES string of the molecule is Cc1nc(N(C)C)sc1C(=O)Nc1cc(-c2nccn2C)[nH]n1. The summed E-state index contributed by atoms with van der Waals surface area (Å²) in [6.07, 6.45) is 3.55. The van der Waals surface area contributed by atoms with Gasteiger partial charge in [0.05, 0.1) is 5.69 Å². The number of aromatic amines is 1. The van der Waals surface area contributed by atoms with Gasteiger partial charge in [-0.3, -0.25) is 9.89 Å². The van der Waals surface area contributed by atoms with Crippen LogP contribution in [0, 0.1) is 6.92 Å². The number of imidazole rings is 1. The molecule has 2 N–H and O–H groups in total. The van der Waals surface area contributed by atoms with Gasteiger partial charge in [0.2, 0.25) is 0 Å². The molecule has 0 spiro atoms. The normalized spacial score (nSPS) is 10.8. The molecule has 0 fully saturated rings. The summed E-state index contributed by atoms with van der Waals surface area (Å²) in [6.45, 7) is 1.82. The monoisotopic (exact) mass is 331 g/mol. The van der Waals surface area contributed by atoms with Crippen LogP contribution in [0.4, 0.5) is 10.9 Å². The average Bonchev–Trinajstić information content (AvgIpc) is 3.18. The van der Waals surface area contributed by atoms with Crippen molar-refractivity contribution in [3.63, 3.8) is 0 Å². The Morgan fingerprint density at radius 3 is 2.83 bits per heavy atom. The minimum atomic E-state index is -0.217. The van der Waals surface area contributed by atoms with Crippen LogP contribution < -0.4 is 10.2 Å². The van der Waals surface area contributed by atoms with Gasteiger partial charge < -0.3 is 14.8 Å². The first-order valence-corrected chi connectivity index (χ1v) is 7.76. The molecule has 0 aliphatic heterocycles. The van der Waals surface area contributed by atoms with E-state index in [9.17, 15) is 4.79 Å². The highest BCUT2D eigenvalue weighted by Crippen LogP contribution is 2.25. The maximum atomic E-state index is 12.4. The van der Waals surface area contributed by atoms with Crippen molar-refractivity contribution in [2.24, 2.45) is 7.05 Å². The fourth-order valence-electron chi connectivity index (χ4n) is 2.08. The molecule has 8 nitrogen and oxygen atoms in total. The van der Waals surface area contributed by atoms with E-state index >= 15 is 0 Å². The van der Waals surface area contributed by atoms with Gasteiger partial charge in [0.1, 0.15) is 10.6 Å². The maximum Gasteiger partial charge on any atom is 0.268 e. The van der Waals surface area contributed by atoms with E-state index in [-0.39, 0.29) is 5.91 Å². The van der Waals surface area contributed by atoms with Gasteiger partial charge in [-0.25, -0.2) is 9.97 Å². The Hall–Kier alpha value is -2.68. The van der Waals surface area contributed by atoms with E-state index in [1.807, 2.05) is 43.7 Å². The Kier molecular flexibility index (Phi) is 3.87. The van der Waals surface area contributed by atoms with Gasteiger partial charge in [-0.1, -0.05) is 11.3 Å². The Labute approximate surface area is 137 Å². The summed E-state index contributed by atoms with van der Waals surface area (Å²) in [5.74, 6) is 0.986. The number of thiazole rings is 1. The second kappa shape index (κ2) is 5.84. The lowest BCUT2D eigenvalue weighted by molar-refractivity contribution is 0.102. The van der Waals surface area contributed by atoms with E-state index < -0.39 is 0 Å². The van der Waals surface area contributed by atoms with Crippen LogP contribution >= 0.6 is 11.3 Å². The Morgan fingerprint density at radius 1 is 1.43 bits per heavy atom. The van der Waals surface area contributed by atoms with E-state index in [4.69, 9.17) is 0 Å². The van der Waals surface area contributed by atoms with E-state index in [2.05, 4.69) is 25.5 Å². The second-order valence-corrected chi connectivity index (χ2v) is 6.27. The van der Waals surface area contributed by atoms with Gasteiger partial charge >= 0.3 is 0 Å². The lowest BCUT2D eigenvalue weighted by atomic mass is 10.3. The largest absolute Gasteiger partial charge is 0.354 e. The van der Waals surface area contributed by atoms with Crippen molar-refractivity contribution in [2.75, 3.05) is 24.3 Å². The summed E-state index contributed by atoms with van der Waals surface area (Å²) >= 11 is 1.35. The molecule has 0 aromatic carbocycles. The predicted molar refractivity (Wildman–Crippen MR) is 89.9 cm³/mol. The fourth-order valence-corrected chi connectivity index (χ4v) is 2.97. The molecule has 120 valence electrons. The smallest absolute Gasteiger partial charge is 0.268 e. The van der Waals surface area contributed by atoms with Crippen LogP contribution in [-0.4, -0.2) is 44.7 Å². The molecule has 3 rings (SSSR count). The molecule has 9 heteroatoms. The van der Waals surface area contributed by atoms with Gasteiger partial charge in [-0.05, 0) is 6.92 Å². The summed E-state index contributed by atoms with van der Waals surface area (Å²) in [7, 11) is 5.69. The number of nitrogens with zero attached hydrogens (tertiary/aromatic N) is 5. The number of hydrogen-bond donors (Lipinski definition) is 2. The first kappa shape index (κ1) is 15.2. The number of nitrogens with one attached hydrogen (secondary N) is 2. The Balaban J connectivity index is 1.79. The highest BCUT2D eigenvalue weighted by atomic mass is 32.1. The van der Waals surface area contributed by atoms with Crippen LogP contribution in [0.15, 0.2) is 18.5 Å². The number of hydrogen-bond acceptors (Lipinski definition) is 6. The van der Waals surface area contributed by atoms with Crippen molar-refractivity contribution in [1.82, 2.24) is 24.7 Å². The number of carbonyl (C=O) groups excluding carboxylic acids is 1. The Morgan fingerprint density at radius 2 is 2.22 bits per heavy atom. The molecule has 3 aromatic heterocycles. The van der Waals surface area contributed by atoms with Crippen molar-refractivity contribution in [3.8, 4) is 11.5 Å². The molecule has 0 aliphatic rings. The number of carbonyl (C=O) groups is 1. The van der Waals surface area contributed by atoms with Crippen LogP contribution in [0.25, 0.3) is 11.5 Å². The minimum Gasteiger partial charge on any atom is -0.354 e. The maximum absolute atomic E-state index is 12.4. The van der Waals surface area contributed by atoms with Crippen LogP contribution in [0.5, 0.6) is 0 Å². The third-order valence-corrected chi connectivity index (χ3v) is 4.58. The molecule has 0 aliphatic carbocycles. The molecule has 3 aromatic rings. The molecule has 23 heavy (non-hydrogen) atoms. The first-order valence-electron chi connectivity index (χ1n) is 6.95. The zero-order chi connectivity index (χ0) is 16.6. The highest BCUT2D eigenvalue weighted by Gasteiger charge is 2.18. The molecule has 3 heterocycles. The Bertz CT molecular complexity index is 845. The minimum absolute atomic E-state index is 0.217. The lowest BCUT2D eigenvalue weighted by Gasteiger charge is -2.05. The van der Waals surface area contributed by atoms with Gasteiger partial charge in [0.15, 0.2) is 16.8 Å². The zero-order valence-electron chi connectivity index (χ0n) is 13.3. The molecule has 0 saturated heterocycles. The summed E-state index contributed by atoms with van der Waals surface area (Å²) in [4.78, 5) is 23.5. The molecule has 0 unspecified atom stereocenters. The summed E-state index contributed by atoms with van der Waals surface area (Å²) < 4.78 is 1.87. The van der Waals surface area contributed by atoms with E-state index in [0.29, 0.717) is 16.4 Å². The third-order valence-electron chi connectivity index (χ3n) is 3.26. The van der Waals surface area contributed by atoms with Crippen LogP contribution in [0.1, 0.15) is 15.4 Å². The molecule has 0 atom stereocenters. The summed E-state index contributed by atoms with van der Waals surface area (Å²) in [6, 6.07) is 1.75. The average molecular weight is 331 g/mol. The zero-order valence-corrected chi connectivity index (χ0v) is 14.1. The van der Waals surface area contributed by atoms with E-state index in [1.165, 1.54) is 11.3 Å². The predicted octanol–water partition coefficient (Wildman–Crippen LogP) is 1.89. The standard InChI is InChI=1S/C14H17N7OS/c1-8-11(23-14(16-8)20(2)3)13(22)17-10-7-9(18-19-10)12-15-5-6-21(12)4/h5-7H,1-4H3,(H2,17,18,19,22). The van der Waals surface area contributed by atoms with Crippen molar-refractivity contribution in [2.45, 2.75) is 6.92 Å². The van der Waals surface area contributed by atoms with Crippen LogP contribution in [0.3, 0.4) is 0 Å². The number of amides is 1. The van der Waals surface area contributed by atoms with E-state index in [0.717, 1.165) is 16.6 Å². The molecule has 0 radical (unpaired) electrons. The molecule has 0 saturated carbocycles. The topological polar surface area (TPSA) is 91.7 Å². The lowest BCUT2D eigenvalue weighted by Crippen LogP contribution is -2.11. The number of rotatable bonds is 4. The van der Waals surface area contributed by atoms with Crippen molar-refractivity contribution < 1.29 is 4.79 Å². The number of anilines is 2. The summed E-state index contributed by atoms with van der Waals surface area (Å²) in [5, 5.41) is 10.6. The van der Waals surface area contributed by atoms with Gasteiger partial charge in [0, 0.05) is 39.6 Å². The molecular weight excluding hydrogens is 314 g/mol. The molecule has 0 bridgehead atoms. The summed E-state index contributed by atoms with van der Waals surface area (Å²) in [5.41, 5.74) is 1.44. The molecular formula is C14H17N7OS. The van der Waals surface area contributed by atoms with Crippen LogP contribution in [0.2, 0.25) is 0 Å². The first-order chi connectivity index (χ1) is 11.0. The highest BCUT2D eigenvalue weighted by molar-refractivity contribution is 7.17. The second-order valence-electron chi connectivity index (χ2n) is 5.29. The van der Waals surface area contributed by atoms with E-state index in [1.54, 1.807) is 12.3 Å². The fraction of sp³-hybridized carbons (Fsp3) is 0.286. The third kappa shape index (κ3) is 2.95. The molecule has 1 amide bonds. The number of aromatic nitrogens is 5. The quantitative estimate of drug-likeness (QED) is 0.762. The number of aryl methyl sites for hydroxylation is 2. The van der Waals surface area contributed by atoms with Crippen molar-refractivity contribution in [3.05, 3.63) is 29.0 Å². The van der Waals surface area contributed by atoms with Gasteiger partial charge in [-0.2, -0.15) is 5.10 Å². The van der Waals surface area contributed by atoms with Crippen molar-refractivity contribution in [1.29, 1.82) is 0 Å². The van der Waals surface area contributed by atoms with Gasteiger partial charge in [0.25, 0.3) is 5.91 Å². The van der Waals surface area contributed by atoms with Crippen LogP contribution in [-0.2, 0) is 7.05 Å². The van der Waals surface area contributed by atoms with Crippen molar-refractivity contribution >= 4 is 28.2 Å². The number of H-pyrrole nitrogens is 1. The van der Waals surface area contributed by atoms with Gasteiger partial charge in [-0.15, -0.1) is 0 Å².